The van der Waals surface area contributed by atoms with Gasteiger partial charge in [0.1, 0.15) is 0 Å². The molecule has 0 spiro atoms. The van der Waals surface area contributed by atoms with Gasteiger partial charge in [-0.25, -0.2) is 4.98 Å². The Morgan fingerprint density at radius 2 is 2.28 bits per heavy atom. The van der Waals surface area contributed by atoms with Crippen molar-refractivity contribution in [3.05, 3.63) is 41.3 Å². The lowest BCUT2D eigenvalue weighted by Crippen LogP contribution is -2.43. The van der Waals surface area contributed by atoms with Gasteiger partial charge in [0.2, 0.25) is 0 Å². The van der Waals surface area contributed by atoms with Crippen molar-refractivity contribution in [2.45, 2.75) is 37.4 Å². The van der Waals surface area contributed by atoms with Gasteiger partial charge in [0, 0.05) is 24.8 Å². The molecule has 2 bridgehead atoms. The lowest BCUT2D eigenvalue weighted by atomic mass is 9.95. The Kier molecular flexibility index (Phi) is 3.89. The number of halogens is 1. The number of rotatable bonds is 3. The molecule has 2 aromatic rings. The van der Waals surface area contributed by atoms with E-state index in [1.54, 1.807) is 18.5 Å². The minimum Gasteiger partial charge on any atom is -0.347 e. The van der Waals surface area contributed by atoms with Gasteiger partial charge in [0.05, 0.1) is 34.7 Å². The quantitative estimate of drug-likeness (QED) is 0.859. The van der Waals surface area contributed by atoms with Gasteiger partial charge in [0.15, 0.2) is 6.19 Å². The third-order valence-electron chi connectivity index (χ3n) is 5.18. The van der Waals surface area contributed by atoms with Crippen molar-refractivity contribution in [1.82, 2.24) is 19.8 Å². The molecule has 1 aromatic heterocycles. The molecule has 1 amide bonds. The predicted octanol–water partition coefficient (Wildman–Crippen LogP) is 2.56. The third-order valence-corrected chi connectivity index (χ3v) is 5.50. The average Bonchev–Trinajstić information content (AvgIpc) is 3.28. The maximum Gasteiger partial charge on any atom is 0.253 e. The molecule has 2 aliphatic rings. The highest BCUT2D eigenvalue weighted by Gasteiger charge is 2.46. The minimum absolute atomic E-state index is 0.0115. The summed E-state index contributed by atoms with van der Waals surface area (Å²) in [6, 6.07) is 5.74. The first kappa shape index (κ1) is 16.0. The summed E-state index contributed by atoms with van der Waals surface area (Å²) in [6.45, 7) is 0. The fourth-order valence-electron chi connectivity index (χ4n) is 3.97. The van der Waals surface area contributed by atoms with Crippen LogP contribution in [0.15, 0.2) is 30.7 Å². The molecule has 4 rings (SSSR count). The Morgan fingerprint density at radius 3 is 2.92 bits per heavy atom. The minimum atomic E-state index is -0.187. The molecule has 0 radical (unpaired) electrons. The van der Waals surface area contributed by atoms with Crippen molar-refractivity contribution < 1.29 is 4.79 Å². The lowest BCUT2D eigenvalue weighted by Gasteiger charge is -2.22. The molecule has 1 N–H and O–H groups in total. The molecule has 2 aliphatic heterocycles. The van der Waals surface area contributed by atoms with E-state index in [1.807, 2.05) is 28.8 Å². The Hall–Kier alpha value is -2.52. The number of hydrogen-bond donors (Lipinski definition) is 1. The molecule has 0 aliphatic carbocycles. The average molecular weight is 356 g/mol. The van der Waals surface area contributed by atoms with E-state index in [0.717, 1.165) is 30.5 Å². The number of nitrogens with zero attached hydrogens (tertiary/aromatic N) is 4. The van der Waals surface area contributed by atoms with Gasteiger partial charge in [-0.05, 0) is 31.4 Å². The molecule has 7 heteroatoms. The topological polar surface area (TPSA) is 74.0 Å². The summed E-state index contributed by atoms with van der Waals surface area (Å²) in [6.07, 6.45) is 8.69. The molecule has 0 unspecified atom stereocenters. The van der Waals surface area contributed by atoms with Crippen LogP contribution in [0.2, 0.25) is 5.02 Å². The Balaban J connectivity index is 1.50. The van der Waals surface area contributed by atoms with E-state index in [2.05, 4.69) is 16.5 Å². The van der Waals surface area contributed by atoms with Gasteiger partial charge in [-0.2, -0.15) is 5.26 Å². The Labute approximate surface area is 151 Å². The van der Waals surface area contributed by atoms with Crippen molar-refractivity contribution in [3.63, 3.8) is 0 Å². The normalized spacial score (nSPS) is 24.4. The van der Waals surface area contributed by atoms with Crippen molar-refractivity contribution in [2.75, 3.05) is 0 Å². The maximum absolute atomic E-state index is 12.6. The van der Waals surface area contributed by atoms with Crippen LogP contribution in [0.3, 0.4) is 0 Å². The number of benzene rings is 1. The fourth-order valence-corrected chi connectivity index (χ4v) is 4.23. The molecule has 128 valence electrons. The number of fused-ring (bicyclic) bond motifs is 2. The standard InChI is InChI=1S/C18H18ClN5O/c1-23-8-16(21-10-23)11-2-4-13(14(19)6-11)18(25)22-15-7-12-3-5-17(15)24(12)9-20/h2,4,6,8,10,12,15,17H,3,5,7H2,1H3,(H,22,25)/t12-,15+,17+/m0/s1. The molecule has 6 nitrogen and oxygen atoms in total. The lowest BCUT2D eigenvalue weighted by molar-refractivity contribution is 0.0928. The van der Waals surface area contributed by atoms with E-state index in [9.17, 15) is 10.1 Å². The number of nitriles is 1. The molecule has 25 heavy (non-hydrogen) atoms. The molecule has 3 heterocycles. The number of carbonyl (C=O) groups excluding carboxylic acids is 1. The second-order valence-corrected chi connectivity index (χ2v) is 7.15. The number of aryl methyl sites for hydroxylation is 1. The Morgan fingerprint density at radius 1 is 1.44 bits per heavy atom. The maximum atomic E-state index is 12.6. The largest absolute Gasteiger partial charge is 0.347 e. The second-order valence-electron chi connectivity index (χ2n) is 6.74. The number of amides is 1. The highest BCUT2D eigenvalue weighted by Crippen LogP contribution is 2.37. The second kappa shape index (κ2) is 6.08. The SMILES string of the molecule is Cn1cnc(-c2ccc(C(=O)N[C@@H]3C[C@@H]4CC[C@H]3N4C#N)c(Cl)c2)c1. The smallest absolute Gasteiger partial charge is 0.253 e. The van der Waals surface area contributed by atoms with Crippen LogP contribution in [-0.2, 0) is 7.05 Å². The van der Waals surface area contributed by atoms with Crippen LogP contribution in [0.1, 0.15) is 29.6 Å². The van der Waals surface area contributed by atoms with Crippen molar-refractivity contribution in [2.24, 2.45) is 7.05 Å². The van der Waals surface area contributed by atoms with Gasteiger partial charge in [-0.15, -0.1) is 0 Å². The third kappa shape index (κ3) is 2.75. The van der Waals surface area contributed by atoms with E-state index in [-0.39, 0.29) is 24.0 Å². The van der Waals surface area contributed by atoms with Gasteiger partial charge < -0.3 is 14.8 Å². The van der Waals surface area contributed by atoms with E-state index in [0.29, 0.717) is 10.6 Å². The van der Waals surface area contributed by atoms with Crippen LogP contribution in [-0.4, -0.2) is 38.5 Å². The highest BCUT2D eigenvalue weighted by atomic mass is 35.5. The first-order valence-electron chi connectivity index (χ1n) is 8.33. The van der Waals surface area contributed by atoms with Crippen molar-refractivity contribution >= 4 is 17.5 Å². The van der Waals surface area contributed by atoms with E-state index < -0.39 is 0 Å². The summed E-state index contributed by atoms with van der Waals surface area (Å²) in [4.78, 5) is 18.8. The summed E-state index contributed by atoms with van der Waals surface area (Å²) in [5, 5.41) is 12.7. The summed E-state index contributed by atoms with van der Waals surface area (Å²) in [5.74, 6) is -0.187. The van der Waals surface area contributed by atoms with Crippen LogP contribution in [0.5, 0.6) is 0 Å². The van der Waals surface area contributed by atoms with Crippen LogP contribution in [0, 0.1) is 11.5 Å². The predicted molar refractivity (Wildman–Crippen MR) is 93.8 cm³/mol. The van der Waals surface area contributed by atoms with Crippen LogP contribution >= 0.6 is 11.6 Å². The summed E-state index contributed by atoms with van der Waals surface area (Å²) in [5.41, 5.74) is 2.14. The van der Waals surface area contributed by atoms with Gasteiger partial charge in [0.25, 0.3) is 5.91 Å². The van der Waals surface area contributed by atoms with E-state index >= 15 is 0 Å². The zero-order chi connectivity index (χ0) is 17.6. The molecule has 3 atom stereocenters. The first-order valence-corrected chi connectivity index (χ1v) is 8.71. The summed E-state index contributed by atoms with van der Waals surface area (Å²) >= 11 is 6.34. The van der Waals surface area contributed by atoms with Gasteiger partial charge >= 0.3 is 0 Å². The number of hydrogen-bond acceptors (Lipinski definition) is 4. The van der Waals surface area contributed by atoms with Crippen molar-refractivity contribution in [1.29, 1.82) is 5.26 Å². The highest BCUT2D eigenvalue weighted by molar-refractivity contribution is 6.34. The molecular formula is C18H18ClN5O. The van der Waals surface area contributed by atoms with Crippen LogP contribution < -0.4 is 5.32 Å². The molecule has 2 saturated heterocycles. The zero-order valence-corrected chi connectivity index (χ0v) is 14.6. The van der Waals surface area contributed by atoms with Gasteiger partial charge in [-0.3, -0.25) is 4.79 Å². The Bertz CT molecular complexity index is 871. The van der Waals surface area contributed by atoms with Crippen LogP contribution in [0.4, 0.5) is 0 Å². The summed E-state index contributed by atoms with van der Waals surface area (Å²) < 4.78 is 1.86. The molecular weight excluding hydrogens is 338 g/mol. The van der Waals surface area contributed by atoms with Crippen LogP contribution in [0.25, 0.3) is 11.3 Å². The fraction of sp³-hybridized carbons (Fsp3) is 0.389. The number of aromatic nitrogens is 2. The molecule has 0 saturated carbocycles. The molecule has 2 fully saturated rings. The summed E-state index contributed by atoms with van der Waals surface area (Å²) in [7, 11) is 1.90. The number of carbonyl (C=O) groups is 1. The van der Waals surface area contributed by atoms with Crippen molar-refractivity contribution in [3.8, 4) is 17.5 Å². The zero-order valence-electron chi connectivity index (χ0n) is 13.8. The first-order chi connectivity index (χ1) is 12.1. The monoisotopic (exact) mass is 355 g/mol. The van der Waals surface area contributed by atoms with Gasteiger partial charge in [-0.1, -0.05) is 17.7 Å². The molecule has 1 aromatic carbocycles. The van der Waals surface area contributed by atoms with E-state index in [1.165, 1.54) is 0 Å². The number of imidazole rings is 1. The van der Waals surface area contributed by atoms with E-state index in [4.69, 9.17) is 11.6 Å². The number of nitrogens with one attached hydrogen (secondary N) is 1.